The standard InChI is InChI=1S/C26H27N3O8/c1-35-18-11-16(12-19(36-2)22(18)37-3)23(30)27-17-8-6-13(7-9-17)24(31)28-29-25(32)20-14-4-5-15(10-14)21(20)26(33)34/h4-9,11-12,14-15,20-21H,10H2,1-3H3,(H,27,30)(H,28,31)(H,29,32)(H,33,34)/t14-,15-,20-,21-/m0/s1. The van der Waals surface area contributed by atoms with E-state index in [0.717, 1.165) is 0 Å². The van der Waals surface area contributed by atoms with Crippen molar-refractivity contribution in [2.75, 3.05) is 26.6 Å². The number of allylic oxidation sites excluding steroid dienone is 2. The number of hydrogen-bond donors (Lipinski definition) is 4. The average molecular weight is 510 g/mol. The number of hydrazine groups is 1. The van der Waals surface area contributed by atoms with Gasteiger partial charge in [-0.2, -0.15) is 0 Å². The number of carboxylic acids is 1. The molecule has 0 spiro atoms. The molecule has 0 heterocycles. The SMILES string of the molecule is COc1cc(C(=O)Nc2ccc(C(=O)NNC(=O)[C@@H]3[C@@H](C(=O)O)[C@H]4C=C[C@H]3C4)cc2)cc(OC)c1OC. The number of carboxylic acid groups (broad SMARTS) is 1. The van der Waals surface area contributed by atoms with E-state index in [2.05, 4.69) is 16.2 Å². The maximum atomic E-state index is 12.8. The third-order valence-corrected chi connectivity index (χ3v) is 6.68. The lowest BCUT2D eigenvalue weighted by Gasteiger charge is -2.23. The topological polar surface area (TPSA) is 152 Å². The van der Waals surface area contributed by atoms with Crippen LogP contribution in [0.3, 0.4) is 0 Å². The highest BCUT2D eigenvalue weighted by atomic mass is 16.5. The zero-order valence-electron chi connectivity index (χ0n) is 20.4. The van der Waals surface area contributed by atoms with Crippen molar-refractivity contribution in [3.05, 3.63) is 59.7 Å². The second-order valence-corrected chi connectivity index (χ2v) is 8.73. The van der Waals surface area contributed by atoms with E-state index in [1.54, 1.807) is 0 Å². The molecule has 194 valence electrons. The number of anilines is 1. The number of fused-ring (bicyclic) bond motifs is 2. The number of carbonyl (C=O) groups is 4. The summed E-state index contributed by atoms with van der Waals surface area (Å²) in [6, 6.07) is 9.06. The van der Waals surface area contributed by atoms with Crippen molar-refractivity contribution >= 4 is 29.4 Å². The summed E-state index contributed by atoms with van der Waals surface area (Å²) in [4.78, 5) is 49.5. The molecule has 11 nitrogen and oxygen atoms in total. The summed E-state index contributed by atoms with van der Waals surface area (Å²) >= 11 is 0. The molecule has 2 aromatic carbocycles. The van der Waals surface area contributed by atoms with Gasteiger partial charge >= 0.3 is 5.97 Å². The number of rotatable bonds is 8. The summed E-state index contributed by atoms with van der Waals surface area (Å²) in [6.07, 6.45) is 4.32. The predicted octanol–water partition coefficient (Wildman–Crippen LogP) is 2.25. The van der Waals surface area contributed by atoms with Gasteiger partial charge in [0.2, 0.25) is 11.7 Å². The summed E-state index contributed by atoms with van der Waals surface area (Å²) in [5.74, 6) is -3.42. The molecule has 0 unspecified atom stereocenters. The van der Waals surface area contributed by atoms with Crippen molar-refractivity contribution < 1.29 is 38.5 Å². The second-order valence-electron chi connectivity index (χ2n) is 8.73. The van der Waals surface area contributed by atoms with Gasteiger partial charge in [0.15, 0.2) is 11.5 Å². The first kappa shape index (κ1) is 25.5. The number of amides is 3. The van der Waals surface area contributed by atoms with Crippen LogP contribution in [0.4, 0.5) is 5.69 Å². The molecule has 0 aromatic heterocycles. The van der Waals surface area contributed by atoms with Crippen molar-refractivity contribution in [1.29, 1.82) is 0 Å². The molecule has 4 atom stereocenters. The number of carbonyl (C=O) groups excluding carboxylic acids is 3. The van der Waals surface area contributed by atoms with E-state index in [4.69, 9.17) is 14.2 Å². The second kappa shape index (κ2) is 10.6. The highest BCUT2D eigenvalue weighted by Crippen LogP contribution is 2.48. The molecule has 3 amide bonds. The normalized spacial score (nSPS) is 21.2. The first-order valence-electron chi connectivity index (χ1n) is 11.5. The third-order valence-electron chi connectivity index (χ3n) is 6.68. The molecule has 2 bridgehead atoms. The van der Waals surface area contributed by atoms with Crippen LogP contribution in [0.5, 0.6) is 17.2 Å². The number of methoxy groups -OCH3 is 3. The van der Waals surface area contributed by atoms with Gasteiger partial charge in [-0.1, -0.05) is 12.2 Å². The minimum Gasteiger partial charge on any atom is -0.493 e. The van der Waals surface area contributed by atoms with E-state index in [1.807, 2.05) is 12.2 Å². The Morgan fingerprint density at radius 2 is 1.38 bits per heavy atom. The van der Waals surface area contributed by atoms with E-state index in [9.17, 15) is 24.3 Å². The van der Waals surface area contributed by atoms with Crippen molar-refractivity contribution in [2.45, 2.75) is 6.42 Å². The summed E-state index contributed by atoms with van der Waals surface area (Å²) < 4.78 is 15.8. The molecule has 1 fully saturated rings. The largest absolute Gasteiger partial charge is 0.493 e. The molecular weight excluding hydrogens is 482 g/mol. The zero-order chi connectivity index (χ0) is 26.7. The van der Waals surface area contributed by atoms with Crippen LogP contribution in [0.2, 0.25) is 0 Å². The van der Waals surface area contributed by atoms with Gasteiger partial charge < -0.3 is 24.6 Å². The Morgan fingerprint density at radius 3 is 1.92 bits per heavy atom. The number of nitrogens with one attached hydrogen (secondary N) is 3. The van der Waals surface area contributed by atoms with Crippen LogP contribution in [-0.4, -0.2) is 50.1 Å². The summed E-state index contributed by atoms with van der Waals surface area (Å²) in [5, 5.41) is 12.2. The van der Waals surface area contributed by atoms with E-state index in [1.165, 1.54) is 57.7 Å². The molecule has 0 radical (unpaired) electrons. The van der Waals surface area contributed by atoms with Crippen LogP contribution < -0.4 is 30.4 Å². The molecule has 2 aromatic rings. The number of aliphatic carboxylic acids is 1. The lowest BCUT2D eigenvalue weighted by atomic mass is 9.82. The van der Waals surface area contributed by atoms with E-state index in [0.29, 0.717) is 29.4 Å². The Bertz CT molecular complexity index is 1230. The molecule has 11 heteroatoms. The summed E-state index contributed by atoms with van der Waals surface area (Å²) in [7, 11) is 4.36. The fourth-order valence-electron chi connectivity index (χ4n) is 4.91. The van der Waals surface area contributed by atoms with Gasteiger partial charge in [-0.3, -0.25) is 30.0 Å². The van der Waals surface area contributed by atoms with Gasteiger partial charge in [0.05, 0.1) is 33.2 Å². The summed E-state index contributed by atoms with van der Waals surface area (Å²) in [6.45, 7) is 0. The van der Waals surface area contributed by atoms with Crippen LogP contribution in [0, 0.1) is 23.7 Å². The predicted molar refractivity (Wildman–Crippen MR) is 131 cm³/mol. The zero-order valence-corrected chi connectivity index (χ0v) is 20.4. The van der Waals surface area contributed by atoms with Crippen molar-refractivity contribution in [3.63, 3.8) is 0 Å². The molecule has 4 N–H and O–H groups in total. The van der Waals surface area contributed by atoms with Gasteiger partial charge in [-0.05, 0) is 54.7 Å². The van der Waals surface area contributed by atoms with E-state index >= 15 is 0 Å². The van der Waals surface area contributed by atoms with Gasteiger partial charge in [0, 0.05) is 16.8 Å². The fraction of sp³-hybridized carbons (Fsp3) is 0.308. The first-order chi connectivity index (χ1) is 17.8. The highest BCUT2D eigenvalue weighted by molar-refractivity contribution is 6.05. The summed E-state index contributed by atoms with van der Waals surface area (Å²) in [5.41, 5.74) is 5.62. The monoisotopic (exact) mass is 509 g/mol. The molecule has 0 saturated heterocycles. The van der Waals surface area contributed by atoms with E-state index in [-0.39, 0.29) is 23.0 Å². The van der Waals surface area contributed by atoms with Crippen molar-refractivity contribution in [2.24, 2.45) is 23.7 Å². The maximum absolute atomic E-state index is 12.8. The number of ether oxygens (including phenoxy) is 3. The van der Waals surface area contributed by atoms with Gasteiger partial charge in [0.25, 0.3) is 11.8 Å². The molecule has 2 aliphatic carbocycles. The van der Waals surface area contributed by atoms with Crippen LogP contribution in [0.1, 0.15) is 27.1 Å². The maximum Gasteiger partial charge on any atom is 0.307 e. The lowest BCUT2D eigenvalue weighted by molar-refractivity contribution is -0.148. The Labute approximate surface area is 212 Å². The minimum atomic E-state index is -1.02. The van der Waals surface area contributed by atoms with Gasteiger partial charge in [0.1, 0.15) is 0 Å². The average Bonchev–Trinajstić information content (AvgIpc) is 3.53. The minimum absolute atomic E-state index is 0.156. The molecular formula is C26H27N3O8. The quantitative estimate of drug-likeness (QED) is 0.312. The Hall–Kier alpha value is -4.54. The molecule has 2 aliphatic rings. The number of benzene rings is 2. The lowest BCUT2D eigenvalue weighted by Crippen LogP contribution is -2.48. The Balaban J connectivity index is 1.36. The van der Waals surface area contributed by atoms with Crippen molar-refractivity contribution in [3.8, 4) is 17.2 Å². The van der Waals surface area contributed by atoms with Crippen LogP contribution in [-0.2, 0) is 9.59 Å². The number of hydrogen-bond acceptors (Lipinski definition) is 7. The van der Waals surface area contributed by atoms with Gasteiger partial charge in [-0.15, -0.1) is 0 Å². The van der Waals surface area contributed by atoms with E-state index < -0.39 is 35.5 Å². The Kier molecular flexibility index (Phi) is 7.32. The smallest absolute Gasteiger partial charge is 0.307 e. The molecule has 4 rings (SSSR count). The van der Waals surface area contributed by atoms with Crippen LogP contribution in [0.15, 0.2) is 48.6 Å². The third kappa shape index (κ3) is 5.06. The van der Waals surface area contributed by atoms with Crippen molar-refractivity contribution in [1.82, 2.24) is 10.9 Å². The first-order valence-corrected chi connectivity index (χ1v) is 11.5. The molecule has 37 heavy (non-hydrogen) atoms. The Morgan fingerprint density at radius 1 is 0.784 bits per heavy atom. The van der Waals surface area contributed by atoms with Gasteiger partial charge in [-0.25, -0.2) is 0 Å². The van der Waals surface area contributed by atoms with Crippen LogP contribution >= 0.6 is 0 Å². The highest BCUT2D eigenvalue weighted by Gasteiger charge is 2.51. The van der Waals surface area contributed by atoms with Crippen LogP contribution in [0.25, 0.3) is 0 Å². The molecule has 0 aliphatic heterocycles. The fourth-order valence-corrected chi connectivity index (χ4v) is 4.91. The molecule has 1 saturated carbocycles.